The summed E-state index contributed by atoms with van der Waals surface area (Å²) >= 11 is 0. The number of amides is 1. The summed E-state index contributed by atoms with van der Waals surface area (Å²) in [4.78, 5) is 14.6. The van der Waals surface area contributed by atoms with Crippen LogP contribution in [0, 0.1) is 0 Å². The molecule has 1 amide bonds. The molecule has 3 rings (SSSR count). The normalized spacial score (nSPS) is 25.1. The number of hydrogen-bond donors (Lipinski definition) is 1. The van der Waals surface area contributed by atoms with E-state index in [0.717, 1.165) is 45.1 Å². The van der Waals surface area contributed by atoms with Gasteiger partial charge in [-0.15, -0.1) is 0 Å². The highest BCUT2D eigenvalue weighted by Gasteiger charge is 2.45. The maximum absolute atomic E-state index is 12.6. The molecule has 19 heavy (non-hydrogen) atoms. The van der Waals surface area contributed by atoms with Crippen LogP contribution in [0.15, 0.2) is 30.3 Å². The molecule has 1 aromatic carbocycles. The molecule has 2 N–H and O–H groups in total. The zero-order valence-electron chi connectivity index (χ0n) is 11.3. The molecule has 0 bridgehead atoms. The van der Waals surface area contributed by atoms with E-state index in [9.17, 15) is 4.79 Å². The highest BCUT2D eigenvalue weighted by molar-refractivity contribution is 5.87. The average molecular weight is 258 g/mol. The highest BCUT2D eigenvalue weighted by atomic mass is 16.2. The van der Waals surface area contributed by atoms with Gasteiger partial charge in [0.15, 0.2) is 0 Å². The van der Waals surface area contributed by atoms with Gasteiger partial charge in [-0.2, -0.15) is 0 Å². The van der Waals surface area contributed by atoms with E-state index in [1.54, 1.807) is 0 Å². The van der Waals surface area contributed by atoms with Crippen LogP contribution in [-0.2, 0) is 11.2 Å². The molecular formula is C16H22N2O. The molecule has 2 fully saturated rings. The Balaban J connectivity index is 1.69. The lowest BCUT2D eigenvalue weighted by Crippen LogP contribution is -2.60. The quantitative estimate of drug-likeness (QED) is 0.902. The molecule has 0 spiro atoms. The molecule has 1 atom stereocenters. The van der Waals surface area contributed by atoms with Crippen molar-refractivity contribution < 1.29 is 4.79 Å². The van der Waals surface area contributed by atoms with Crippen molar-refractivity contribution in [3.05, 3.63) is 35.9 Å². The van der Waals surface area contributed by atoms with Gasteiger partial charge >= 0.3 is 0 Å². The first-order valence-corrected chi connectivity index (χ1v) is 7.33. The molecule has 1 aliphatic carbocycles. The van der Waals surface area contributed by atoms with Crippen LogP contribution >= 0.6 is 0 Å². The van der Waals surface area contributed by atoms with Crippen molar-refractivity contribution in [1.82, 2.24) is 4.90 Å². The summed E-state index contributed by atoms with van der Waals surface area (Å²) in [7, 11) is 0. The first kappa shape index (κ1) is 12.7. The molecule has 1 aliphatic heterocycles. The number of hydrogen-bond acceptors (Lipinski definition) is 2. The molecule has 1 aromatic rings. The summed E-state index contributed by atoms with van der Waals surface area (Å²) in [5, 5.41) is 0. The Hall–Kier alpha value is -1.35. The Morgan fingerprint density at radius 1 is 1.26 bits per heavy atom. The van der Waals surface area contributed by atoms with Gasteiger partial charge in [0.1, 0.15) is 0 Å². The topological polar surface area (TPSA) is 46.3 Å². The molecule has 1 unspecified atom stereocenters. The van der Waals surface area contributed by atoms with Gasteiger partial charge in [-0.3, -0.25) is 4.79 Å². The Labute approximate surface area is 114 Å². The number of carbonyl (C=O) groups is 1. The van der Waals surface area contributed by atoms with E-state index in [0.29, 0.717) is 6.04 Å². The maximum atomic E-state index is 12.6. The van der Waals surface area contributed by atoms with Crippen LogP contribution in [0.1, 0.15) is 37.7 Å². The van der Waals surface area contributed by atoms with Gasteiger partial charge in [0, 0.05) is 12.6 Å². The molecule has 0 aromatic heterocycles. The average Bonchev–Trinajstić information content (AvgIpc) is 2.84. The number of nitrogens with two attached hydrogens (primary N) is 1. The minimum Gasteiger partial charge on any atom is -0.338 e. The molecule has 1 heterocycles. The summed E-state index contributed by atoms with van der Waals surface area (Å²) in [6.45, 7) is 0.884. The molecule has 2 aliphatic rings. The molecule has 102 valence electrons. The summed E-state index contributed by atoms with van der Waals surface area (Å²) in [6.07, 6.45) is 6.00. The van der Waals surface area contributed by atoms with Gasteiger partial charge in [-0.25, -0.2) is 0 Å². The van der Waals surface area contributed by atoms with E-state index in [4.69, 9.17) is 5.73 Å². The largest absolute Gasteiger partial charge is 0.338 e. The zero-order valence-corrected chi connectivity index (χ0v) is 11.3. The van der Waals surface area contributed by atoms with E-state index in [1.165, 1.54) is 5.56 Å². The smallest absolute Gasteiger partial charge is 0.242 e. The second-order valence-corrected chi connectivity index (χ2v) is 5.99. The summed E-state index contributed by atoms with van der Waals surface area (Å²) in [5.41, 5.74) is 6.96. The molecule has 3 heteroatoms. The fourth-order valence-electron chi connectivity index (χ4n) is 3.26. The van der Waals surface area contributed by atoms with Gasteiger partial charge in [-0.1, -0.05) is 30.3 Å². The SMILES string of the molecule is NC1(C(=O)N2CCCC2Cc2ccccc2)CCC1. The van der Waals surface area contributed by atoms with Crippen molar-refractivity contribution in [1.29, 1.82) is 0 Å². The summed E-state index contributed by atoms with van der Waals surface area (Å²) in [6, 6.07) is 10.8. The first-order chi connectivity index (χ1) is 9.19. The number of nitrogens with zero attached hydrogens (tertiary/aromatic N) is 1. The van der Waals surface area contributed by atoms with Crippen molar-refractivity contribution in [3.8, 4) is 0 Å². The first-order valence-electron chi connectivity index (χ1n) is 7.33. The summed E-state index contributed by atoms with van der Waals surface area (Å²) in [5.74, 6) is 0.192. The third-order valence-corrected chi connectivity index (χ3v) is 4.62. The van der Waals surface area contributed by atoms with Crippen molar-refractivity contribution >= 4 is 5.91 Å². The number of carbonyl (C=O) groups excluding carboxylic acids is 1. The Morgan fingerprint density at radius 2 is 2.00 bits per heavy atom. The fourth-order valence-corrected chi connectivity index (χ4v) is 3.26. The Bertz CT molecular complexity index is 453. The van der Waals surface area contributed by atoms with Gasteiger partial charge in [-0.05, 0) is 44.1 Å². The second kappa shape index (κ2) is 4.97. The van der Waals surface area contributed by atoms with E-state index in [1.807, 2.05) is 11.0 Å². The highest BCUT2D eigenvalue weighted by Crippen LogP contribution is 2.34. The van der Waals surface area contributed by atoms with Gasteiger partial charge in [0.25, 0.3) is 0 Å². The van der Waals surface area contributed by atoms with Crippen molar-refractivity contribution in [3.63, 3.8) is 0 Å². The van der Waals surface area contributed by atoms with Crippen LogP contribution in [0.3, 0.4) is 0 Å². The van der Waals surface area contributed by atoms with Crippen LogP contribution in [-0.4, -0.2) is 28.9 Å². The zero-order chi connectivity index (χ0) is 13.3. The lowest BCUT2D eigenvalue weighted by Gasteiger charge is -2.41. The predicted octanol–water partition coefficient (Wildman–Crippen LogP) is 2.10. The molecule has 1 saturated carbocycles. The second-order valence-electron chi connectivity index (χ2n) is 5.99. The predicted molar refractivity (Wildman–Crippen MR) is 75.7 cm³/mol. The van der Waals surface area contributed by atoms with E-state index < -0.39 is 5.54 Å². The standard InChI is InChI=1S/C16H22N2O/c17-16(9-5-10-16)15(19)18-11-4-8-14(18)12-13-6-2-1-3-7-13/h1-3,6-7,14H,4-5,8-12,17H2. The number of likely N-dealkylation sites (tertiary alicyclic amines) is 1. The molecule has 0 radical (unpaired) electrons. The molecule has 1 saturated heterocycles. The lowest BCUT2D eigenvalue weighted by molar-refractivity contribution is -0.141. The number of benzene rings is 1. The van der Waals surface area contributed by atoms with Crippen molar-refractivity contribution in [2.24, 2.45) is 5.73 Å². The van der Waals surface area contributed by atoms with Crippen LogP contribution < -0.4 is 5.73 Å². The third-order valence-electron chi connectivity index (χ3n) is 4.62. The lowest BCUT2D eigenvalue weighted by atomic mass is 9.76. The fraction of sp³-hybridized carbons (Fsp3) is 0.562. The van der Waals surface area contributed by atoms with Crippen LogP contribution in [0.2, 0.25) is 0 Å². The Kier molecular flexibility index (Phi) is 3.31. The number of rotatable bonds is 3. The van der Waals surface area contributed by atoms with Gasteiger partial charge < -0.3 is 10.6 Å². The van der Waals surface area contributed by atoms with Gasteiger partial charge in [0.2, 0.25) is 5.91 Å². The van der Waals surface area contributed by atoms with Crippen LogP contribution in [0.4, 0.5) is 0 Å². The third kappa shape index (κ3) is 2.39. The van der Waals surface area contributed by atoms with Crippen LogP contribution in [0.25, 0.3) is 0 Å². The monoisotopic (exact) mass is 258 g/mol. The molecular weight excluding hydrogens is 236 g/mol. The van der Waals surface area contributed by atoms with Gasteiger partial charge in [0.05, 0.1) is 5.54 Å². The minimum atomic E-state index is -0.542. The van der Waals surface area contributed by atoms with Crippen molar-refractivity contribution in [2.45, 2.75) is 50.1 Å². The van der Waals surface area contributed by atoms with E-state index in [-0.39, 0.29) is 5.91 Å². The van der Waals surface area contributed by atoms with E-state index >= 15 is 0 Å². The Morgan fingerprint density at radius 3 is 2.63 bits per heavy atom. The molecule has 3 nitrogen and oxygen atoms in total. The van der Waals surface area contributed by atoms with E-state index in [2.05, 4.69) is 24.3 Å². The maximum Gasteiger partial charge on any atom is 0.242 e. The van der Waals surface area contributed by atoms with Crippen molar-refractivity contribution in [2.75, 3.05) is 6.54 Å². The summed E-state index contributed by atoms with van der Waals surface area (Å²) < 4.78 is 0. The van der Waals surface area contributed by atoms with Crippen LogP contribution in [0.5, 0.6) is 0 Å². The minimum absolute atomic E-state index is 0.192.